The number of carbonyl (C=O) groups excluding carboxylic acids is 1. The van der Waals surface area contributed by atoms with Gasteiger partial charge in [-0.2, -0.15) is 0 Å². The molecular formula is C15H15FN2O2. The summed E-state index contributed by atoms with van der Waals surface area (Å²) in [5.41, 5.74) is 7.00. The van der Waals surface area contributed by atoms with Crippen LogP contribution >= 0.6 is 0 Å². The molecule has 4 N–H and O–H groups in total. The maximum Gasteiger partial charge on any atom is 0.253 e. The van der Waals surface area contributed by atoms with Gasteiger partial charge in [0.1, 0.15) is 11.6 Å². The summed E-state index contributed by atoms with van der Waals surface area (Å²) in [5, 5.41) is 11.8. The van der Waals surface area contributed by atoms with E-state index in [0.717, 1.165) is 11.6 Å². The minimum Gasteiger partial charge on any atom is -0.508 e. The van der Waals surface area contributed by atoms with Crippen LogP contribution in [-0.4, -0.2) is 17.6 Å². The lowest BCUT2D eigenvalue weighted by Crippen LogP contribution is -2.26. The molecule has 0 saturated carbocycles. The maximum absolute atomic E-state index is 13.1. The van der Waals surface area contributed by atoms with Gasteiger partial charge < -0.3 is 16.2 Å². The van der Waals surface area contributed by atoms with Crippen molar-refractivity contribution in [3.63, 3.8) is 0 Å². The summed E-state index contributed by atoms with van der Waals surface area (Å²) in [5.74, 6) is -0.700. The first-order chi connectivity index (χ1) is 9.56. The van der Waals surface area contributed by atoms with Gasteiger partial charge in [0.05, 0.1) is 5.56 Å². The van der Waals surface area contributed by atoms with E-state index in [1.54, 1.807) is 24.3 Å². The normalized spacial score (nSPS) is 10.2. The quantitative estimate of drug-likeness (QED) is 0.747. The van der Waals surface area contributed by atoms with Crippen molar-refractivity contribution >= 4 is 11.6 Å². The molecule has 2 aromatic carbocycles. The molecule has 1 amide bonds. The van der Waals surface area contributed by atoms with Gasteiger partial charge in [-0.05, 0) is 42.3 Å². The van der Waals surface area contributed by atoms with Gasteiger partial charge >= 0.3 is 0 Å². The molecule has 0 aliphatic carbocycles. The number of anilines is 1. The first-order valence-electron chi connectivity index (χ1n) is 6.17. The molecule has 104 valence electrons. The number of hydrogen-bond acceptors (Lipinski definition) is 3. The van der Waals surface area contributed by atoms with Crippen molar-refractivity contribution in [1.82, 2.24) is 5.32 Å². The summed E-state index contributed by atoms with van der Waals surface area (Å²) in [6, 6.07) is 10.4. The lowest BCUT2D eigenvalue weighted by molar-refractivity contribution is 0.0954. The van der Waals surface area contributed by atoms with E-state index in [4.69, 9.17) is 10.8 Å². The average molecular weight is 274 g/mol. The summed E-state index contributed by atoms with van der Waals surface area (Å²) < 4.78 is 13.1. The Balaban J connectivity index is 1.92. The van der Waals surface area contributed by atoms with E-state index in [1.165, 1.54) is 12.1 Å². The molecule has 0 fully saturated rings. The molecule has 0 atom stereocenters. The molecule has 2 aromatic rings. The number of phenols is 1. The van der Waals surface area contributed by atoms with E-state index >= 15 is 0 Å². The molecule has 20 heavy (non-hydrogen) atoms. The zero-order valence-electron chi connectivity index (χ0n) is 10.8. The predicted molar refractivity (Wildman–Crippen MR) is 75.0 cm³/mol. The van der Waals surface area contributed by atoms with Gasteiger partial charge in [-0.15, -0.1) is 0 Å². The summed E-state index contributed by atoms with van der Waals surface area (Å²) in [6.07, 6.45) is 0.612. The molecular weight excluding hydrogens is 259 g/mol. The van der Waals surface area contributed by atoms with E-state index in [2.05, 4.69) is 5.32 Å². The molecule has 0 bridgehead atoms. The van der Waals surface area contributed by atoms with Crippen molar-refractivity contribution in [3.8, 4) is 5.75 Å². The second kappa shape index (κ2) is 6.06. The molecule has 2 rings (SSSR count). The first-order valence-corrected chi connectivity index (χ1v) is 6.17. The Morgan fingerprint density at radius 1 is 1.20 bits per heavy atom. The van der Waals surface area contributed by atoms with E-state index in [0.29, 0.717) is 13.0 Å². The Morgan fingerprint density at radius 3 is 2.60 bits per heavy atom. The van der Waals surface area contributed by atoms with Crippen LogP contribution in [-0.2, 0) is 6.42 Å². The van der Waals surface area contributed by atoms with Gasteiger partial charge in [0.2, 0.25) is 0 Å². The van der Waals surface area contributed by atoms with Crippen LogP contribution in [0.3, 0.4) is 0 Å². The largest absolute Gasteiger partial charge is 0.508 e. The third-order valence-electron chi connectivity index (χ3n) is 2.90. The number of nitrogens with two attached hydrogens (primary N) is 1. The Hall–Kier alpha value is -2.56. The number of rotatable bonds is 4. The van der Waals surface area contributed by atoms with Gasteiger partial charge in [-0.3, -0.25) is 4.79 Å². The number of amides is 1. The first kappa shape index (κ1) is 13.9. The molecule has 0 radical (unpaired) electrons. The van der Waals surface area contributed by atoms with Crippen molar-refractivity contribution in [2.24, 2.45) is 0 Å². The molecule has 0 saturated heterocycles. The monoisotopic (exact) mass is 274 g/mol. The van der Waals surface area contributed by atoms with Crippen LogP contribution in [0.15, 0.2) is 42.5 Å². The smallest absolute Gasteiger partial charge is 0.253 e. The predicted octanol–water partition coefficient (Wildman–Crippen LogP) is 2.09. The zero-order valence-corrected chi connectivity index (χ0v) is 10.8. The lowest BCUT2D eigenvalue weighted by Gasteiger charge is -2.08. The van der Waals surface area contributed by atoms with Crippen LogP contribution in [0.25, 0.3) is 0 Å². The van der Waals surface area contributed by atoms with Crippen LogP contribution in [0, 0.1) is 5.82 Å². The summed E-state index contributed by atoms with van der Waals surface area (Å²) in [7, 11) is 0. The lowest BCUT2D eigenvalue weighted by atomic mass is 10.1. The van der Waals surface area contributed by atoms with Crippen LogP contribution in [0.2, 0.25) is 0 Å². The Bertz CT molecular complexity index is 612. The maximum atomic E-state index is 13.1. The number of aromatic hydroxyl groups is 1. The molecule has 0 spiro atoms. The second-order valence-corrected chi connectivity index (χ2v) is 4.40. The van der Waals surface area contributed by atoms with Crippen molar-refractivity contribution < 1.29 is 14.3 Å². The molecule has 0 unspecified atom stereocenters. The fraction of sp³-hybridized carbons (Fsp3) is 0.133. The number of phenolic OH excluding ortho intramolecular Hbond substituents is 1. The number of benzene rings is 2. The minimum atomic E-state index is -0.497. The topological polar surface area (TPSA) is 75.4 Å². The van der Waals surface area contributed by atoms with E-state index < -0.39 is 11.7 Å². The highest BCUT2D eigenvalue weighted by Crippen LogP contribution is 2.13. The summed E-state index contributed by atoms with van der Waals surface area (Å²) in [6.45, 7) is 0.402. The fourth-order valence-corrected chi connectivity index (χ4v) is 1.80. The Labute approximate surface area is 116 Å². The van der Waals surface area contributed by atoms with Gasteiger partial charge in [-0.1, -0.05) is 12.1 Å². The molecule has 0 aliphatic rings. The van der Waals surface area contributed by atoms with Crippen LogP contribution in [0.1, 0.15) is 15.9 Å². The fourth-order valence-electron chi connectivity index (χ4n) is 1.80. The second-order valence-electron chi connectivity index (χ2n) is 4.40. The number of halogens is 1. The van der Waals surface area contributed by atoms with Gasteiger partial charge in [0.15, 0.2) is 0 Å². The summed E-state index contributed by atoms with van der Waals surface area (Å²) in [4.78, 5) is 11.9. The molecule has 0 aromatic heterocycles. The van der Waals surface area contributed by atoms with Gasteiger partial charge in [0.25, 0.3) is 5.91 Å². The summed E-state index contributed by atoms with van der Waals surface area (Å²) >= 11 is 0. The van der Waals surface area contributed by atoms with E-state index in [-0.39, 0.29) is 17.0 Å². The highest BCUT2D eigenvalue weighted by atomic mass is 19.1. The Morgan fingerprint density at radius 2 is 1.90 bits per heavy atom. The van der Waals surface area contributed by atoms with Gasteiger partial charge in [0, 0.05) is 12.2 Å². The average Bonchev–Trinajstić information content (AvgIpc) is 2.43. The number of hydrogen-bond donors (Lipinski definition) is 3. The van der Waals surface area contributed by atoms with Crippen LogP contribution < -0.4 is 11.1 Å². The highest BCUT2D eigenvalue weighted by molar-refractivity contribution is 5.99. The molecule has 5 heteroatoms. The van der Waals surface area contributed by atoms with Crippen molar-refractivity contribution in [2.45, 2.75) is 6.42 Å². The van der Waals surface area contributed by atoms with Crippen molar-refractivity contribution in [3.05, 3.63) is 59.4 Å². The molecule has 0 aliphatic heterocycles. The zero-order chi connectivity index (χ0) is 14.5. The van der Waals surface area contributed by atoms with Crippen LogP contribution in [0.5, 0.6) is 5.75 Å². The van der Waals surface area contributed by atoms with E-state index in [1.807, 2.05) is 0 Å². The van der Waals surface area contributed by atoms with Crippen LogP contribution in [0.4, 0.5) is 10.1 Å². The van der Waals surface area contributed by atoms with Crippen molar-refractivity contribution in [1.29, 1.82) is 0 Å². The van der Waals surface area contributed by atoms with Gasteiger partial charge in [-0.25, -0.2) is 4.39 Å². The number of nitrogen functional groups attached to an aromatic ring is 1. The Kier molecular flexibility index (Phi) is 4.20. The SMILES string of the molecule is Nc1ccc(F)cc1C(=O)NCCc1ccc(O)cc1. The third-order valence-corrected chi connectivity index (χ3v) is 2.90. The molecule has 4 nitrogen and oxygen atoms in total. The number of nitrogens with one attached hydrogen (secondary N) is 1. The third kappa shape index (κ3) is 3.47. The minimum absolute atomic E-state index is 0.135. The van der Waals surface area contributed by atoms with E-state index in [9.17, 15) is 9.18 Å². The number of carbonyl (C=O) groups is 1. The standard InChI is InChI=1S/C15H15FN2O2/c16-11-3-6-14(17)13(9-11)15(20)18-8-7-10-1-4-12(19)5-2-10/h1-6,9,19H,7-8,17H2,(H,18,20). The molecule has 0 heterocycles. The highest BCUT2D eigenvalue weighted by Gasteiger charge is 2.10. The van der Waals surface area contributed by atoms with Crippen molar-refractivity contribution in [2.75, 3.05) is 12.3 Å².